The van der Waals surface area contributed by atoms with Gasteiger partial charge >= 0.3 is 0 Å². The largest absolute Gasteiger partial charge is 0.489 e. The summed E-state index contributed by atoms with van der Waals surface area (Å²) >= 11 is 10.8. The summed E-state index contributed by atoms with van der Waals surface area (Å²) in [6.45, 7) is 3.97. The smallest absolute Gasteiger partial charge is 0.190 e. The molecule has 0 aromatic heterocycles. The first-order chi connectivity index (χ1) is 10.9. The zero-order chi connectivity index (χ0) is 17.2. The molecule has 0 saturated carbocycles. The summed E-state index contributed by atoms with van der Waals surface area (Å²) in [6.07, 6.45) is 1.79. The topological polar surface area (TPSA) is 40.0 Å². The average Bonchev–Trinajstić information content (AvgIpc) is 2.44. The van der Waals surface area contributed by atoms with Crippen LogP contribution in [0.5, 0.6) is 11.5 Å². The third-order valence-electron chi connectivity index (χ3n) is 2.33. The highest BCUT2D eigenvalue weighted by atomic mass is 35.5. The minimum absolute atomic E-state index is 0.00385. The van der Waals surface area contributed by atoms with Crippen molar-refractivity contribution in [2.75, 3.05) is 19.8 Å². The minimum atomic E-state index is -0.857. The van der Waals surface area contributed by atoms with E-state index in [0.29, 0.717) is 13.0 Å². The van der Waals surface area contributed by atoms with E-state index in [1.54, 1.807) is 13.8 Å². The monoisotopic (exact) mass is 367 g/mol. The Morgan fingerprint density at radius 2 is 1.78 bits per heavy atom. The molecular weight excluding hydrogens is 351 g/mol. The Labute approximate surface area is 143 Å². The summed E-state index contributed by atoms with van der Waals surface area (Å²) in [5.41, 5.74) is 0.781. The number of ether oxygens (including phenoxy) is 2. The maximum absolute atomic E-state index is 13.8. The maximum atomic E-state index is 13.8. The van der Waals surface area contributed by atoms with E-state index in [0.717, 1.165) is 17.8 Å². The molecule has 0 unspecified atom stereocenters. The predicted octanol–water partition coefficient (Wildman–Crippen LogP) is 4.84. The number of halogens is 4. The zero-order valence-corrected chi connectivity index (χ0v) is 14.3. The van der Waals surface area contributed by atoms with Gasteiger partial charge in [0.05, 0.1) is 12.3 Å². The normalized spacial score (nSPS) is 10.0. The molecule has 4 nitrogen and oxygen atoms in total. The van der Waals surface area contributed by atoms with Gasteiger partial charge in [-0.05, 0) is 19.9 Å². The van der Waals surface area contributed by atoms with Crippen LogP contribution in [0.1, 0.15) is 20.3 Å². The van der Waals surface area contributed by atoms with E-state index in [9.17, 15) is 8.78 Å². The van der Waals surface area contributed by atoms with E-state index in [1.165, 1.54) is 6.08 Å². The standard InChI is InChI=1S/C15H17Cl2F2NO3/c1-10(2)20-23-6-3-5-22-15-12(18)8-11(9-13(15)19)21-7-4-14(16)17/h4,8-9H,3,5-7H2,1-2H3. The lowest BCUT2D eigenvalue weighted by Crippen LogP contribution is -2.05. The van der Waals surface area contributed by atoms with Crippen LogP contribution in [0.3, 0.4) is 0 Å². The van der Waals surface area contributed by atoms with Gasteiger partial charge in [0.1, 0.15) is 23.5 Å². The van der Waals surface area contributed by atoms with Gasteiger partial charge in [-0.2, -0.15) is 0 Å². The first kappa shape index (κ1) is 19.5. The fraction of sp³-hybridized carbons (Fsp3) is 0.400. The molecule has 0 amide bonds. The molecule has 0 aliphatic heterocycles. The van der Waals surface area contributed by atoms with Gasteiger partial charge in [0, 0.05) is 18.6 Å². The highest BCUT2D eigenvalue weighted by molar-refractivity contribution is 6.55. The Kier molecular flexibility index (Phi) is 8.73. The number of rotatable bonds is 9. The van der Waals surface area contributed by atoms with Gasteiger partial charge in [-0.25, -0.2) is 8.78 Å². The van der Waals surface area contributed by atoms with E-state index >= 15 is 0 Å². The Hall–Kier alpha value is -1.53. The molecule has 8 heteroatoms. The molecule has 0 spiro atoms. The van der Waals surface area contributed by atoms with Crippen molar-refractivity contribution < 1.29 is 23.1 Å². The third kappa shape index (κ3) is 8.04. The van der Waals surface area contributed by atoms with Crippen molar-refractivity contribution in [3.8, 4) is 11.5 Å². The molecule has 23 heavy (non-hydrogen) atoms. The molecule has 0 radical (unpaired) electrons. The summed E-state index contributed by atoms with van der Waals surface area (Å²) in [7, 11) is 0. The van der Waals surface area contributed by atoms with Crippen LogP contribution < -0.4 is 9.47 Å². The molecule has 0 atom stereocenters. The lowest BCUT2D eigenvalue weighted by molar-refractivity contribution is 0.125. The van der Waals surface area contributed by atoms with E-state index in [1.807, 2.05) is 0 Å². The Morgan fingerprint density at radius 3 is 2.35 bits per heavy atom. The van der Waals surface area contributed by atoms with Crippen LogP contribution in [0.2, 0.25) is 0 Å². The molecule has 0 N–H and O–H groups in total. The summed E-state index contributed by atoms with van der Waals surface area (Å²) in [4.78, 5) is 4.95. The van der Waals surface area contributed by atoms with Crippen LogP contribution in [-0.2, 0) is 4.84 Å². The van der Waals surface area contributed by atoms with E-state index in [4.69, 9.17) is 37.5 Å². The second kappa shape index (κ2) is 10.3. The van der Waals surface area contributed by atoms with Crippen molar-refractivity contribution >= 4 is 28.9 Å². The first-order valence-electron chi connectivity index (χ1n) is 6.79. The highest BCUT2D eigenvalue weighted by Crippen LogP contribution is 2.27. The lowest BCUT2D eigenvalue weighted by Gasteiger charge is -2.10. The highest BCUT2D eigenvalue weighted by Gasteiger charge is 2.13. The van der Waals surface area contributed by atoms with Gasteiger partial charge in [-0.15, -0.1) is 0 Å². The van der Waals surface area contributed by atoms with E-state index < -0.39 is 17.4 Å². The molecule has 0 bridgehead atoms. The SMILES string of the molecule is CC(C)=NOCCCOc1c(F)cc(OCC=C(Cl)Cl)cc1F. The van der Waals surface area contributed by atoms with Crippen molar-refractivity contribution in [1.29, 1.82) is 0 Å². The molecule has 1 aromatic carbocycles. The third-order valence-corrected chi connectivity index (χ3v) is 2.64. The summed E-state index contributed by atoms with van der Waals surface area (Å²) in [5, 5.41) is 3.73. The van der Waals surface area contributed by atoms with Crippen molar-refractivity contribution in [2.24, 2.45) is 5.16 Å². The Bertz CT molecular complexity index is 549. The number of hydrogen-bond donors (Lipinski definition) is 0. The lowest BCUT2D eigenvalue weighted by atomic mass is 10.3. The van der Waals surface area contributed by atoms with E-state index in [-0.39, 0.29) is 23.5 Å². The number of hydrogen-bond acceptors (Lipinski definition) is 4. The van der Waals surface area contributed by atoms with Crippen molar-refractivity contribution in [3.63, 3.8) is 0 Å². The molecule has 0 saturated heterocycles. The van der Waals surface area contributed by atoms with Gasteiger partial charge < -0.3 is 14.3 Å². The van der Waals surface area contributed by atoms with Crippen molar-refractivity contribution in [3.05, 3.63) is 34.3 Å². The molecular formula is C15H17Cl2F2NO3. The number of oxime groups is 1. The van der Waals surface area contributed by atoms with E-state index in [2.05, 4.69) is 5.16 Å². The van der Waals surface area contributed by atoms with Crippen LogP contribution in [0.4, 0.5) is 8.78 Å². The quantitative estimate of drug-likeness (QED) is 0.356. The van der Waals surface area contributed by atoms with Gasteiger partial charge in [0.15, 0.2) is 17.4 Å². The van der Waals surface area contributed by atoms with Gasteiger partial charge in [-0.1, -0.05) is 28.4 Å². The first-order valence-corrected chi connectivity index (χ1v) is 7.54. The maximum Gasteiger partial charge on any atom is 0.190 e. The average molecular weight is 368 g/mol. The minimum Gasteiger partial charge on any atom is -0.489 e. The van der Waals surface area contributed by atoms with Crippen LogP contribution in [0.25, 0.3) is 0 Å². The molecule has 128 valence electrons. The molecule has 1 rings (SSSR count). The van der Waals surface area contributed by atoms with Gasteiger partial charge in [0.2, 0.25) is 0 Å². The molecule has 0 fully saturated rings. The molecule has 0 aliphatic carbocycles. The van der Waals surface area contributed by atoms with Crippen molar-refractivity contribution in [2.45, 2.75) is 20.3 Å². The Morgan fingerprint density at radius 1 is 1.13 bits per heavy atom. The number of benzene rings is 1. The van der Waals surface area contributed by atoms with Crippen LogP contribution in [0.15, 0.2) is 27.9 Å². The van der Waals surface area contributed by atoms with Gasteiger partial charge in [-0.3, -0.25) is 0 Å². The van der Waals surface area contributed by atoms with Crippen LogP contribution in [0, 0.1) is 11.6 Å². The molecule has 0 heterocycles. The zero-order valence-electron chi connectivity index (χ0n) is 12.7. The second-order valence-corrected chi connectivity index (χ2v) is 5.60. The molecule has 0 aliphatic rings. The van der Waals surface area contributed by atoms with Crippen LogP contribution >= 0.6 is 23.2 Å². The summed E-state index contributed by atoms with van der Waals surface area (Å²) < 4.78 is 37.8. The van der Waals surface area contributed by atoms with Gasteiger partial charge in [0.25, 0.3) is 0 Å². The number of nitrogens with zero attached hydrogens (tertiary/aromatic N) is 1. The fourth-order valence-electron chi connectivity index (χ4n) is 1.43. The second-order valence-electron chi connectivity index (χ2n) is 4.59. The Balaban J connectivity index is 2.50. The summed E-state index contributed by atoms with van der Waals surface area (Å²) in [5.74, 6) is -2.17. The van der Waals surface area contributed by atoms with Crippen molar-refractivity contribution in [1.82, 2.24) is 0 Å². The summed E-state index contributed by atoms with van der Waals surface area (Å²) in [6, 6.07) is 2.05. The molecule has 1 aromatic rings. The fourth-order valence-corrected chi connectivity index (χ4v) is 1.56. The van der Waals surface area contributed by atoms with Crippen LogP contribution in [-0.4, -0.2) is 25.5 Å². The predicted molar refractivity (Wildman–Crippen MR) is 86.5 cm³/mol.